The second kappa shape index (κ2) is 2.66. The number of carboxylic acid groups (broad SMARTS) is 1. The maximum Gasteiger partial charge on any atom is 0.338 e. The molecule has 0 saturated carbocycles. The van der Waals surface area contributed by atoms with Crippen LogP contribution in [0.5, 0.6) is 0 Å². The van der Waals surface area contributed by atoms with E-state index < -0.39 is 18.0 Å². The Morgan fingerprint density at radius 3 is 2.90 bits per heavy atom. The third-order valence-electron chi connectivity index (χ3n) is 1.09. The lowest BCUT2D eigenvalue weighted by Crippen LogP contribution is -2.19. The zero-order valence-corrected chi connectivity index (χ0v) is 5.07. The van der Waals surface area contributed by atoms with Crippen molar-refractivity contribution in [1.29, 1.82) is 0 Å². The molecule has 0 aliphatic carbocycles. The number of ether oxygens (including phenoxy) is 2. The molecule has 1 N–H and O–H groups in total. The number of carboxylic acids is 1. The summed E-state index contributed by atoms with van der Waals surface area (Å²) in [5.41, 5.74) is 0. The average molecular weight is 146 g/mol. The smallest absolute Gasteiger partial charge is 0.338 e. The van der Waals surface area contributed by atoms with E-state index in [0.29, 0.717) is 0 Å². The molecule has 10 heavy (non-hydrogen) atoms. The lowest BCUT2D eigenvalue weighted by Gasteiger charge is -1.97. The van der Waals surface area contributed by atoms with E-state index in [9.17, 15) is 9.59 Å². The maximum atomic E-state index is 10.5. The first-order valence-corrected chi connectivity index (χ1v) is 2.70. The van der Waals surface area contributed by atoms with Gasteiger partial charge in [-0.15, -0.1) is 0 Å². The molecule has 0 bridgehead atoms. The summed E-state index contributed by atoms with van der Waals surface area (Å²) in [4.78, 5) is 20.5. The summed E-state index contributed by atoms with van der Waals surface area (Å²) in [5.74, 6) is -1.66. The number of cyclic esters (lactones) is 1. The van der Waals surface area contributed by atoms with Crippen molar-refractivity contribution in [3.05, 3.63) is 0 Å². The fraction of sp³-hybridized carbons (Fsp3) is 0.600. The quantitative estimate of drug-likeness (QED) is 0.524. The summed E-state index contributed by atoms with van der Waals surface area (Å²) < 4.78 is 8.97. The fourth-order valence-electron chi connectivity index (χ4n) is 0.636. The van der Waals surface area contributed by atoms with E-state index in [1.165, 1.54) is 0 Å². The highest BCUT2D eigenvalue weighted by atomic mass is 16.7. The van der Waals surface area contributed by atoms with Crippen LogP contribution in [0.3, 0.4) is 0 Å². The normalized spacial score (nSPS) is 24.4. The Kier molecular flexibility index (Phi) is 1.86. The number of hydrogen-bond donors (Lipinski definition) is 1. The molecule has 0 aromatic heterocycles. The van der Waals surface area contributed by atoms with Crippen molar-refractivity contribution in [2.75, 3.05) is 6.79 Å². The van der Waals surface area contributed by atoms with Crippen molar-refractivity contribution in [2.45, 2.75) is 12.5 Å². The standard InChI is InChI=1S/C5H6O5/c6-4(7)1-3-5(8)10-2-9-3/h3H,1-2H2,(H,6,7)/t3-/m0/s1. The Hall–Kier alpha value is -1.10. The zero-order chi connectivity index (χ0) is 7.56. The summed E-state index contributed by atoms with van der Waals surface area (Å²) in [6, 6.07) is 0. The largest absolute Gasteiger partial charge is 0.481 e. The molecule has 0 aromatic carbocycles. The van der Waals surface area contributed by atoms with Gasteiger partial charge in [0.15, 0.2) is 12.9 Å². The van der Waals surface area contributed by atoms with Crippen molar-refractivity contribution in [3.8, 4) is 0 Å². The van der Waals surface area contributed by atoms with Crippen molar-refractivity contribution < 1.29 is 24.2 Å². The molecule has 1 rings (SSSR count). The van der Waals surface area contributed by atoms with Gasteiger partial charge in [-0.2, -0.15) is 0 Å². The van der Waals surface area contributed by atoms with Crippen molar-refractivity contribution in [1.82, 2.24) is 0 Å². The SMILES string of the molecule is O=C(O)C[C@@H]1OCOC1=O. The average Bonchev–Trinajstić information content (AvgIpc) is 2.15. The lowest BCUT2D eigenvalue weighted by atomic mass is 10.3. The van der Waals surface area contributed by atoms with E-state index in [1.54, 1.807) is 0 Å². The van der Waals surface area contributed by atoms with E-state index in [0.717, 1.165) is 0 Å². The van der Waals surface area contributed by atoms with Crippen LogP contribution in [-0.4, -0.2) is 29.9 Å². The number of aliphatic carboxylic acids is 1. The van der Waals surface area contributed by atoms with Crippen LogP contribution in [-0.2, 0) is 19.1 Å². The number of hydrogen-bond acceptors (Lipinski definition) is 4. The third-order valence-corrected chi connectivity index (χ3v) is 1.09. The molecule has 1 fully saturated rings. The van der Waals surface area contributed by atoms with Crippen LogP contribution < -0.4 is 0 Å². The van der Waals surface area contributed by atoms with Crippen molar-refractivity contribution >= 4 is 11.9 Å². The topological polar surface area (TPSA) is 72.8 Å². The number of esters is 1. The van der Waals surface area contributed by atoms with Gasteiger partial charge in [0.05, 0.1) is 6.42 Å². The van der Waals surface area contributed by atoms with E-state index in [2.05, 4.69) is 9.47 Å². The minimum absolute atomic E-state index is 0.128. The van der Waals surface area contributed by atoms with Gasteiger partial charge in [-0.05, 0) is 0 Å². The number of carbonyl (C=O) groups is 2. The van der Waals surface area contributed by atoms with E-state index in [-0.39, 0.29) is 13.2 Å². The summed E-state index contributed by atoms with van der Waals surface area (Å²) >= 11 is 0. The third kappa shape index (κ3) is 1.44. The second-order valence-corrected chi connectivity index (χ2v) is 1.83. The van der Waals surface area contributed by atoms with Gasteiger partial charge in [-0.3, -0.25) is 4.79 Å². The molecule has 56 valence electrons. The summed E-state index contributed by atoms with van der Waals surface area (Å²) in [6.45, 7) is -0.128. The highest BCUT2D eigenvalue weighted by Gasteiger charge is 2.29. The Morgan fingerprint density at radius 2 is 2.50 bits per heavy atom. The molecule has 0 amide bonds. The summed E-state index contributed by atoms with van der Waals surface area (Å²) in [6.07, 6.45) is -1.23. The molecule has 5 heteroatoms. The van der Waals surface area contributed by atoms with Crippen LogP contribution in [0, 0.1) is 0 Å². The molecule has 1 aliphatic rings. The first-order valence-electron chi connectivity index (χ1n) is 2.70. The van der Waals surface area contributed by atoms with E-state index in [1.807, 2.05) is 0 Å². The Labute approximate surface area is 56.5 Å². The van der Waals surface area contributed by atoms with E-state index in [4.69, 9.17) is 5.11 Å². The maximum absolute atomic E-state index is 10.5. The Balaban J connectivity index is 2.40. The van der Waals surface area contributed by atoms with Crippen LogP contribution in [0.15, 0.2) is 0 Å². The number of carbonyl (C=O) groups excluding carboxylic acids is 1. The molecular formula is C5H6O5. The minimum atomic E-state index is -1.07. The highest BCUT2D eigenvalue weighted by molar-refractivity contribution is 5.81. The molecule has 0 aromatic rings. The molecule has 1 heterocycles. The molecule has 0 unspecified atom stereocenters. The van der Waals surface area contributed by atoms with Gasteiger partial charge >= 0.3 is 11.9 Å². The van der Waals surface area contributed by atoms with Gasteiger partial charge in [0, 0.05) is 0 Å². The monoisotopic (exact) mass is 146 g/mol. The van der Waals surface area contributed by atoms with Crippen LogP contribution in [0.2, 0.25) is 0 Å². The molecule has 1 aliphatic heterocycles. The van der Waals surface area contributed by atoms with Crippen molar-refractivity contribution in [3.63, 3.8) is 0 Å². The van der Waals surface area contributed by atoms with Gasteiger partial charge in [-0.25, -0.2) is 4.79 Å². The Bertz CT molecular complexity index is 163. The van der Waals surface area contributed by atoms with Crippen LogP contribution >= 0.6 is 0 Å². The Morgan fingerprint density at radius 1 is 1.80 bits per heavy atom. The van der Waals surface area contributed by atoms with Gasteiger partial charge < -0.3 is 14.6 Å². The highest BCUT2D eigenvalue weighted by Crippen LogP contribution is 2.08. The van der Waals surface area contributed by atoms with Gasteiger partial charge in [-0.1, -0.05) is 0 Å². The van der Waals surface area contributed by atoms with E-state index >= 15 is 0 Å². The predicted octanol–water partition coefficient (Wildman–Crippen LogP) is -0.639. The van der Waals surface area contributed by atoms with Crippen LogP contribution in [0.1, 0.15) is 6.42 Å². The molecule has 1 saturated heterocycles. The first kappa shape index (κ1) is 7.01. The predicted molar refractivity (Wildman–Crippen MR) is 28.1 cm³/mol. The van der Waals surface area contributed by atoms with Crippen LogP contribution in [0.25, 0.3) is 0 Å². The van der Waals surface area contributed by atoms with Crippen LogP contribution in [0.4, 0.5) is 0 Å². The second-order valence-electron chi connectivity index (χ2n) is 1.83. The summed E-state index contributed by atoms with van der Waals surface area (Å²) in [5, 5.41) is 8.20. The lowest BCUT2D eigenvalue weighted by molar-refractivity contribution is -0.145. The molecule has 1 atom stereocenters. The fourth-order valence-corrected chi connectivity index (χ4v) is 0.636. The molecule has 5 nitrogen and oxygen atoms in total. The van der Waals surface area contributed by atoms with Gasteiger partial charge in [0.2, 0.25) is 0 Å². The first-order chi connectivity index (χ1) is 4.70. The molecule has 0 radical (unpaired) electrons. The van der Waals surface area contributed by atoms with Gasteiger partial charge in [0.1, 0.15) is 0 Å². The molecule has 0 spiro atoms. The molecular weight excluding hydrogens is 140 g/mol. The van der Waals surface area contributed by atoms with Crippen molar-refractivity contribution in [2.24, 2.45) is 0 Å². The number of rotatable bonds is 2. The minimum Gasteiger partial charge on any atom is -0.481 e. The summed E-state index contributed by atoms with van der Waals surface area (Å²) in [7, 11) is 0. The zero-order valence-electron chi connectivity index (χ0n) is 5.07. The van der Waals surface area contributed by atoms with Gasteiger partial charge in [0.25, 0.3) is 0 Å².